The summed E-state index contributed by atoms with van der Waals surface area (Å²) in [4.78, 5) is 22.3. The highest BCUT2D eigenvalue weighted by Gasteiger charge is 2.33. The van der Waals surface area contributed by atoms with Crippen LogP contribution in [0.3, 0.4) is 0 Å². The summed E-state index contributed by atoms with van der Waals surface area (Å²) in [5.74, 6) is -1.64. The average Bonchev–Trinajstić information content (AvgIpc) is 3.19. The smallest absolute Gasteiger partial charge is 0.345 e. The van der Waals surface area contributed by atoms with Gasteiger partial charge in [-0.25, -0.2) is 9.52 Å². The first-order valence-corrected chi connectivity index (χ1v) is 10.4. The zero-order valence-electron chi connectivity index (χ0n) is 14.7. The summed E-state index contributed by atoms with van der Waals surface area (Å²) in [7, 11) is -1.78. The predicted molar refractivity (Wildman–Crippen MR) is 103 cm³/mol. The predicted octanol–water partition coefficient (Wildman–Crippen LogP) is 1.07. The van der Waals surface area contributed by atoms with Crippen molar-refractivity contribution in [1.82, 2.24) is 14.3 Å². The first-order chi connectivity index (χ1) is 12.8. The number of aromatic carboxylic acids is 1. The van der Waals surface area contributed by atoms with Crippen LogP contribution >= 0.6 is 11.3 Å². The van der Waals surface area contributed by atoms with Crippen LogP contribution in [0.1, 0.15) is 20.1 Å². The maximum absolute atomic E-state index is 11.4. The Morgan fingerprint density at radius 1 is 1.26 bits per heavy atom. The maximum Gasteiger partial charge on any atom is 0.345 e. The number of nitrogens with one attached hydrogen (secondary N) is 2. The summed E-state index contributed by atoms with van der Waals surface area (Å²) in [6, 6.07) is 13.4. The highest BCUT2D eigenvalue weighted by atomic mass is 32.2. The zero-order valence-corrected chi connectivity index (χ0v) is 16.3. The molecule has 0 bridgehead atoms. The van der Waals surface area contributed by atoms with E-state index in [1.807, 2.05) is 17.8 Å². The van der Waals surface area contributed by atoms with Crippen LogP contribution in [0.5, 0.6) is 0 Å². The molecule has 0 spiro atoms. The Morgan fingerprint density at radius 3 is 2.48 bits per heavy atom. The van der Waals surface area contributed by atoms with Crippen molar-refractivity contribution in [2.75, 3.05) is 20.1 Å². The van der Waals surface area contributed by atoms with Gasteiger partial charge in [0.05, 0.1) is 13.1 Å². The number of hydrogen-bond acceptors (Lipinski definition) is 6. The summed E-state index contributed by atoms with van der Waals surface area (Å²) >= 11 is 0.985. The van der Waals surface area contributed by atoms with Gasteiger partial charge in [0.2, 0.25) is 5.91 Å². The van der Waals surface area contributed by atoms with Crippen LogP contribution in [-0.4, -0.2) is 49.8 Å². The van der Waals surface area contributed by atoms with Gasteiger partial charge in [-0.1, -0.05) is 30.3 Å². The van der Waals surface area contributed by atoms with Crippen LogP contribution in [0.15, 0.2) is 42.5 Å². The van der Waals surface area contributed by atoms with Crippen molar-refractivity contribution >= 4 is 33.4 Å². The Balaban J connectivity index is 0.000000223. The van der Waals surface area contributed by atoms with E-state index in [-0.39, 0.29) is 18.0 Å². The molecule has 1 aromatic heterocycles. The fraction of sp³-hybridized carbons (Fsp3) is 0.294. The molecule has 27 heavy (non-hydrogen) atoms. The molecular weight excluding hydrogens is 390 g/mol. The van der Waals surface area contributed by atoms with E-state index in [2.05, 4.69) is 29.6 Å². The minimum atomic E-state index is -3.75. The van der Waals surface area contributed by atoms with Gasteiger partial charge < -0.3 is 10.4 Å². The molecule has 8 nitrogen and oxygen atoms in total. The maximum atomic E-state index is 11.4. The van der Waals surface area contributed by atoms with Crippen molar-refractivity contribution in [3.8, 4) is 0 Å². The number of benzene rings is 1. The lowest BCUT2D eigenvalue weighted by molar-refractivity contribution is -0.118. The molecule has 1 fully saturated rings. The monoisotopic (exact) mass is 411 g/mol. The van der Waals surface area contributed by atoms with Gasteiger partial charge in [-0.05, 0) is 37.7 Å². The van der Waals surface area contributed by atoms with Gasteiger partial charge in [-0.2, -0.15) is 12.7 Å². The van der Waals surface area contributed by atoms with Crippen LogP contribution in [0.4, 0.5) is 0 Å². The molecule has 1 aliphatic rings. The highest BCUT2D eigenvalue weighted by molar-refractivity contribution is 7.88. The van der Waals surface area contributed by atoms with E-state index in [0.717, 1.165) is 28.6 Å². The van der Waals surface area contributed by atoms with Crippen LogP contribution in [0.25, 0.3) is 0 Å². The van der Waals surface area contributed by atoms with Gasteiger partial charge in [-0.15, -0.1) is 11.3 Å². The van der Waals surface area contributed by atoms with Gasteiger partial charge in [0.15, 0.2) is 0 Å². The number of carbonyl (C=O) groups is 2. The van der Waals surface area contributed by atoms with Crippen LogP contribution in [-0.2, 0) is 28.0 Å². The van der Waals surface area contributed by atoms with Crippen LogP contribution in [0, 0.1) is 0 Å². The summed E-state index contributed by atoms with van der Waals surface area (Å²) < 4.78 is 25.6. The van der Waals surface area contributed by atoms with E-state index in [1.165, 1.54) is 17.7 Å². The van der Waals surface area contributed by atoms with E-state index in [4.69, 9.17) is 5.11 Å². The van der Waals surface area contributed by atoms with Gasteiger partial charge in [0.1, 0.15) is 4.88 Å². The standard InChI is InChI=1S/C9H13N.C8H8N2O5S2/c1-10-8-7-9-5-3-2-4-6-9;11-7-4-10(17(14,15)9-7)3-5-1-2-6(16-5)8(12)13/h2-6,10H,7-8H2,1H3;1-2H,3-4H2,(H,9,11)(H,12,13). The van der Waals surface area contributed by atoms with Crippen molar-refractivity contribution in [2.24, 2.45) is 0 Å². The van der Waals surface area contributed by atoms with Gasteiger partial charge in [-0.3, -0.25) is 4.79 Å². The molecule has 0 radical (unpaired) electrons. The van der Waals surface area contributed by atoms with E-state index in [0.29, 0.717) is 4.88 Å². The van der Waals surface area contributed by atoms with Crippen molar-refractivity contribution in [3.05, 3.63) is 57.8 Å². The van der Waals surface area contributed by atoms with Crippen LogP contribution < -0.4 is 10.0 Å². The molecule has 0 unspecified atom stereocenters. The third-order valence-corrected chi connectivity index (χ3v) is 6.10. The average molecular weight is 412 g/mol. The molecule has 0 aliphatic carbocycles. The van der Waals surface area contributed by atoms with Crippen LogP contribution in [0.2, 0.25) is 0 Å². The fourth-order valence-corrected chi connectivity index (χ4v) is 4.31. The number of amides is 1. The molecule has 10 heteroatoms. The molecule has 3 N–H and O–H groups in total. The third kappa shape index (κ3) is 6.43. The Kier molecular flexibility index (Phi) is 7.48. The summed E-state index contributed by atoms with van der Waals surface area (Å²) in [6.07, 6.45) is 1.12. The molecule has 0 atom stereocenters. The SMILES string of the molecule is CNCCc1ccccc1.O=C1CN(Cc2ccc(C(=O)O)s2)S(=O)(=O)N1. The highest BCUT2D eigenvalue weighted by Crippen LogP contribution is 2.20. The topological polar surface area (TPSA) is 116 Å². The minimum Gasteiger partial charge on any atom is -0.477 e. The molecular formula is C17H21N3O5S2. The molecule has 1 saturated heterocycles. The Bertz CT molecular complexity index is 881. The summed E-state index contributed by atoms with van der Waals surface area (Å²) in [6.45, 7) is 0.825. The molecule has 2 heterocycles. The summed E-state index contributed by atoms with van der Waals surface area (Å²) in [5.41, 5.74) is 1.40. The lowest BCUT2D eigenvalue weighted by atomic mass is 10.2. The van der Waals surface area contributed by atoms with Gasteiger partial charge >= 0.3 is 16.2 Å². The number of thiophene rings is 1. The molecule has 146 valence electrons. The number of carboxylic acids is 1. The van der Waals surface area contributed by atoms with Crippen molar-refractivity contribution < 1.29 is 23.1 Å². The first-order valence-electron chi connectivity index (χ1n) is 8.13. The number of nitrogens with zero attached hydrogens (tertiary/aromatic N) is 1. The Morgan fingerprint density at radius 2 is 1.96 bits per heavy atom. The minimum absolute atomic E-state index is 0.000972. The second-order valence-corrected chi connectivity index (χ2v) is 8.55. The normalized spacial score (nSPS) is 15.7. The second kappa shape index (κ2) is 9.60. The number of likely N-dealkylation sites (N-methyl/N-ethyl adjacent to an activating group) is 1. The van der Waals surface area contributed by atoms with Crippen molar-refractivity contribution in [3.63, 3.8) is 0 Å². The van der Waals surface area contributed by atoms with Crippen molar-refractivity contribution in [1.29, 1.82) is 0 Å². The quantitative estimate of drug-likeness (QED) is 0.655. The summed E-state index contributed by atoms with van der Waals surface area (Å²) in [5, 5.41) is 11.8. The number of carbonyl (C=O) groups excluding carboxylic acids is 1. The number of rotatable bonds is 6. The second-order valence-electron chi connectivity index (χ2n) is 5.71. The van der Waals surface area contributed by atoms with Crippen molar-refractivity contribution in [2.45, 2.75) is 13.0 Å². The third-order valence-electron chi connectivity index (χ3n) is 3.61. The zero-order chi connectivity index (χ0) is 19.9. The Hall–Kier alpha value is -2.27. The van der Waals surface area contributed by atoms with E-state index in [9.17, 15) is 18.0 Å². The first kappa shape index (κ1) is 21.0. The van der Waals surface area contributed by atoms with E-state index < -0.39 is 22.1 Å². The molecule has 1 amide bonds. The van der Waals surface area contributed by atoms with Gasteiger partial charge in [0, 0.05) is 4.88 Å². The lowest BCUT2D eigenvalue weighted by Gasteiger charge is -2.09. The van der Waals surface area contributed by atoms with E-state index in [1.54, 1.807) is 0 Å². The van der Waals surface area contributed by atoms with Gasteiger partial charge in [0.25, 0.3) is 0 Å². The molecule has 1 aromatic carbocycles. The largest absolute Gasteiger partial charge is 0.477 e. The Labute approximate surface area is 162 Å². The van der Waals surface area contributed by atoms with E-state index >= 15 is 0 Å². The number of carboxylic acid groups (broad SMARTS) is 1. The number of hydrogen-bond donors (Lipinski definition) is 3. The molecule has 1 aliphatic heterocycles. The fourth-order valence-electron chi connectivity index (χ4n) is 2.29. The molecule has 2 aromatic rings. The molecule has 0 saturated carbocycles. The lowest BCUT2D eigenvalue weighted by Crippen LogP contribution is -2.28. The molecule has 3 rings (SSSR count).